The highest BCUT2D eigenvalue weighted by atomic mass is 16.5. The van der Waals surface area contributed by atoms with Gasteiger partial charge < -0.3 is 20.5 Å². The van der Waals surface area contributed by atoms with Crippen molar-refractivity contribution in [2.75, 3.05) is 57.1 Å². The smallest absolute Gasteiger partial charge is 0.313 e. The zero-order valence-corrected chi connectivity index (χ0v) is 12.6. The van der Waals surface area contributed by atoms with Gasteiger partial charge in [0, 0.05) is 51.9 Å². The molecule has 2 aliphatic heterocycles. The molecule has 0 aliphatic carbocycles. The van der Waals surface area contributed by atoms with E-state index < -0.39 is 11.4 Å². The van der Waals surface area contributed by atoms with E-state index in [1.807, 2.05) is 4.90 Å². The zero-order chi connectivity index (χ0) is 15.7. The van der Waals surface area contributed by atoms with Gasteiger partial charge in [0.1, 0.15) is 11.2 Å². The molecular formula is C14H21N5O3. The molecule has 8 nitrogen and oxygen atoms in total. The summed E-state index contributed by atoms with van der Waals surface area (Å²) >= 11 is 0. The van der Waals surface area contributed by atoms with Crippen molar-refractivity contribution in [3.63, 3.8) is 0 Å². The van der Waals surface area contributed by atoms with Crippen LogP contribution in [0.1, 0.15) is 0 Å². The number of methoxy groups -OCH3 is 1. The Morgan fingerprint density at radius 1 is 1.55 bits per heavy atom. The Labute approximate surface area is 128 Å². The molecule has 0 unspecified atom stereocenters. The summed E-state index contributed by atoms with van der Waals surface area (Å²) in [4.78, 5) is 24.2. The van der Waals surface area contributed by atoms with Crippen molar-refractivity contribution in [1.29, 1.82) is 0 Å². The molecule has 120 valence electrons. The molecule has 0 radical (unpaired) electrons. The highest BCUT2D eigenvalue weighted by molar-refractivity contribution is 5.78. The fraction of sp³-hybridized carbons (Fsp3) is 0.643. The van der Waals surface area contributed by atoms with Crippen LogP contribution in [0.3, 0.4) is 0 Å². The van der Waals surface area contributed by atoms with E-state index in [0.29, 0.717) is 32.1 Å². The molecule has 2 fully saturated rings. The summed E-state index contributed by atoms with van der Waals surface area (Å²) in [6.07, 6.45) is 1.60. The van der Waals surface area contributed by atoms with Crippen molar-refractivity contribution in [1.82, 2.24) is 14.9 Å². The predicted octanol–water partition coefficient (Wildman–Crippen LogP) is -0.472. The quantitative estimate of drug-likeness (QED) is 0.752. The van der Waals surface area contributed by atoms with Gasteiger partial charge in [-0.25, -0.2) is 4.98 Å². The highest BCUT2D eigenvalue weighted by Crippen LogP contribution is 2.43. The molecule has 3 heterocycles. The maximum absolute atomic E-state index is 11.9. The standard InChI is InChI=1S/C14H21N5O3/c1-22-5-4-18-6-10-7-19(9-14(10,8-18)12(20)21)11-2-3-16-13(15)17-11/h2-3,10H,4-9H2,1H3,(H,20,21)(H2,15,16,17)/t10-,14-/m1/s1. The van der Waals surface area contributed by atoms with Gasteiger partial charge in [-0.3, -0.25) is 9.69 Å². The van der Waals surface area contributed by atoms with Crippen LogP contribution in [0.25, 0.3) is 0 Å². The maximum Gasteiger partial charge on any atom is 0.313 e. The first-order chi connectivity index (χ1) is 10.5. The van der Waals surface area contributed by atoms with Crippen LogP contribution >= 0.6 is 0 Å². The van der Waals surface area contributed by atoms with Crippen molar-refractivity contribution in [2.45, 2.75) is 0 Å². The fourth-order valence-electron chi connectivity index (χ4n) is 3.58. The van der Waals surface area contributed by atoms with Gasteiger partial charge >= 0.3 is 5.97 Å². The molecule has 0 aromatic carbocycles. The maximum atomic E-state index is 11.9. The number of fused-ring (bicyclic) bond motifs is 1. The summed E-state index contributed by atoms with van der Waals surface area (Å²) < 4.78 is 5.09. The number of hydrogen-bond acceptors (Lipinski definition) is 7. The molecule has 0 spiro atoms. The number of nitrogen functional groups attached to an aromatic ring is 1. The minimum absolute atomic E-state index is 0.0815. The topological polar surface area (TPSA) is 105 Å². The monoisotopic (exact) mass is 307 g/mol. The molecule has 2 atom stereocenters. The number of aromatic nitrogens is 2. The molecule has 0 saturated carbocycles. The fourth-order valence-corrected chi connectivity index (χ4v) is 3.58. The normalized spacial score (nSPS) is 28.0. The van der Waals surface area contributed by atoms with E-state index in [4.69, 9.17) is 10.5 Å². The third kappa shape index (κ3) is 2.48. The second-order valence-electron chi connectivity index (χ2n) is 6.04. The predicted molar refractivity (Wildman–Crippen MR) is 80.5 cm³/mol. The average Bonchev–Trinajstić information content (AvgIpc) is 3.00. The third-order valence-corrected chi connectivity index (χ3v) is 4.70. The number of carboxylic acids is 1. The van der Waals surface area contributed by atoms with Gasteiger partial charge in [-0.05, 0) is 6.07 Å². The van der Waals surface area contributed by atoms with Crippen LogP contribution in [0.2, 0.25) is 0 Å². The lowest BCUT2D eigenvalue weighted by atomic mass is 9.81. The van der Waals surface area contributed by atoms with Gasteiger partial charge in [-0.15, -0.1) is 0 Å². The average molecular weight is 307 g/mol. The lowest BCUT2D eigenvalue weighted by Gasteiger charge is -2.25. The number of rotatable bonds is 5. The van der Waals surface area contributed by atoms with Gasteiger partial charge in [0.15, 0.2) is 0 Å². The molecule has 2 aliphatic rings. The summed E-state index contributed by atoms with van der Waals surface area (Å²) in [5, 5.41) is 9.79. The Morgan fingerprint density at radius 2 is 2.36 bits per heavy atom. The first-order valence-corrected chi connectivity index (χ1v) is 7.33. The van der Waals surface area contributed by atoms with Gasteiger partial charge in [-0.1, -0.05) is 0 Å². The van der Waals surface area contributed by atoms with Crippen molar-refractivity contribution in [2.24, 2.45) is 11.3 Å². The molecule has 1 aromatic rings. The van der Waals surface area contributed by atoms with E-state index in [1.165, 1.54) is 0 Å². The number of nitrogens with zero attached hydrogens (tertiary/aromatic N) is 4. The lowest BCUT2D eigenvalue weighted by molar-refractivity contribution is -0.148. The SMILES string of the molecule is COCCN1C[C@@H]2CN(c3ccnc(N)n3)C[C@]2(C(=O)O)C1. The van der Waals surface area contributed by atoms with Crippen LogP contribution in [-0.2, 0) is 9.53 Å². The summed E-state index contributed by atoms with van der Waals surface area (Å²) in [7, 11) is 1.66. The van der Waals surface area contributed by atoms with E-state index in [-0.39, 0.29) is 11.9 Å². The number of nitrogens with two attached hydrogens (primary N) is 1. The minimum Gasteiger partial charge on any atom is -0.481 e. The summed E-state index contributed by atoms with van der Waals surface area (Å²) in [6, 6.07) is 1.77. The van der Waals surface area contributed by atoms with Gasteiger partial charge in [0.2, 0.25) is 5.95 Å². The molecule has 0 bridgehead atoms. The van der Waals surface area contributed by atoms with Crippen LogP contribution < -0.4 is 10.6 Å². The first-order valence-electron chi connectivity index (χ1n) is 7.33. The van der Waals surface area contributed by atoms with E-state index in [9.17, 15) is 9.90 Å². The van der Waals surface area contributed by atoms with E-state index in [1.54, 1.807) is 19.4 Å². The zero-order valence-electron chi connectivity index (χ0n) is 12.6. The number of hydrogen-bond donors (Lipinski definition) is 2. The Morgan fingerprint density at radius 3 is 3.00 bits per heavy atom. The van der Waals surface area contributed by atoms with Gasteiger partial charge in [0.05, 0.1) is 6.61 Å². The number of carbonyl (C=O) groups is 1. The van der Waals surface area contributed by atoms with Crippen LogP contribution in [-0.4, -0.2) is 72.4 Å². The van der Waals surface area contributed by atoms with Crippen LogP contribution in [0.4, 0.5) is 11.8 Å². The second kappa shape index (κ2) is 5.69. The summed E-state index contributed by atoms with van der Waals surface area (Å²) in [5.74, 6) is 0.256. The minimum atomic E-state index is -0.743. The summed E-state index contributed by atoms with van der Waals surface area (Å²) in [5.41, 5.74) is 4.88. The van der Waals surface area contributed by atoms with Crippen LogP contribution in [0.5, 0.6) is 0 Å². The summed E-state index contributed by atoms with van der Waals surface area (Å²) in [6.45, 7) is 3.83. The number of likely N-dealkylation sites (tertiary alicyclic amines) is 1. The van der Waals surface area contributed by atoms with Crippen molar-refractivity contribution in [3.8, 4) is 0 Å². The van der Waals surface area contributed by atoms with Gasteiger partial charge in [0.25, 0.3) is 0 Å². The van der Waals surface area contributed by atoms with Crippen molar-refractivity contribution < 1.29 is 14.6 Å². The van der Waals surface area contributed by atoms with Crippen LogP contribution in [0, 0.1) is 11.3 Å². The lowest BCUT2D eigenvalue weighted by Crippen LogP contribution is -2.41. The molecule has 3 rings (SSSR count). The highest BCUT2D eigenvalue weighted by Gasteiger charge is 2.57. The molecular weight excluding hydrogens is 286 g/mol. The third-order valence-electron chi connectivity index (χ3n) is 4.70. The molecule has 3 N–H and O–H groups in total. The van der Waals surface area contributed by atoms with Crippen molar-refractivity contribution in [3.05, 3.63) is 12.3 Å². The Bertz CT molecular complexity index is 569. The molecule has 1 aromatic heterocycles. The van der Waals surface area contributed by atoms with Gasteiger partial charge in [-0.2, -0.15) is 4.98 Å². The number of ether oxygens (including phenoxy) is 1. The number of aliphatic carboxylic acids is 1. The first kappa shape index (κ1) is 15.0. The molecule has 22 heavy (non-hydrogen) atoms. The Hall–Kier alpha value is -1.93. The van der Waals surface area contributed by atoms with E-state index in [2.05, 4.69) is 14.9 Å². The van der Waals surface area contributed by atoms with Crippen LogP contribution in [0.15, 0.2) is 12.3 Å². The molecule has 8 heteroatoms. The Balaban J connectivity index is 1.78. The van der Waals surface area contributed by atoms with Crippen molar-refractivity contribution >= 4 is 17.7 Å². The largest absolute Gasteiger partial charge is 0.481 e. The molecule has 0 amide bonds. The second-order valence-corrected chi connectivity index (χ2v) is 6.04. The van der Waals surface area contributed by atoms with E-state index >= 15 is 0 Å². The Kier molecular flexibility index (Phi) is 3.88. The number of carboxylic acid groups (broad SMARTS) is 1. The number of anilines is 2. The van der Waals surface area contributed by atoms with E-state index in [0.717, 1.165) is 13.1 Å². The molecule has 2 saturated heterocycles.